The van der Waals surface area contributed by atoms with Crippen LogP contribution in [0.5, 0.6) is 0 Å². The maximum atomic E-state index is 13.5. The number of benzene rings is 1. The number of hydrogen-bond donors (Lipinski definition) is 0. The predicted octanol–water partition coefficient (Wildman–Crippen LogP) is 4.93. The first-order chi connectivity index (χ1) is 9.59. The van der Waals surface area contributed by atoms with Gasteiger partial charge < -0.3 is 0 Å². The molecule has 0 atom stereocenters. The van der Waals surface area contributed by atoms with Crippen molar-refractivity contribution in [2.45, 2.75) is 12.4 Å². The molecule has 0 saturated heterocycles. The third-order valence-corrected chi connectivity index (χ3v) is 2.67. The van der Waals surface area contributed by atoms with Crippen LogP contribution in [0.1, 0.15) is 11.1 Å². The molecule has 1 nitrogen and oxygen atoms in total. The maximum Gasteiger partial charge on any atom is 0.417 e. The number of rotatable bonds is 1. The van der Waals surface area contributed by atoms with Crippen LogP contribution in [0.2, 0.25) is 0 Å². The van der Waals surface area contributed by atoms with Crippen LogP contribution in [-0.2, 0) is 12.4 Å². The fourth-order valence-electron chi connectivity index (χ4n) is 1.67. The number of hydrogen-bond acceptors (Lipinski definition) is 1. The molecule has 0 spiro atoms. The largest absolute Gasteiger partial charge is 0.417 e. The first-order valence-electron chi connectivity index (χ1n) is 5.49. The Bertz CT molecular complexity index is 658. The van der Waals surface area contributed by atoms with Crippen molar-refractivity contribution < 1.29 is 30.7 Å². The molecule has 0 aliphatic heterocycles. The van der Waals surface area contributed by atoms with Gasteiger partial charge in [-0.2, -0.15) is 30.7 Å². The van der Waals surface area contributed by atoms with E-state index in [1.165, 1.54) is 0 Å². The summed E-state index contributed by atoms with van der Waals surface area (Å²) in [6.07, 6.45) is -9.16. The quantitative estimate of drug-likeness (QED) is 0.538. The summed E-state index contributed by atoms with van der Waals surface area (Å²) in [4.78, 5) is 2.95. The first-order valence-corrected chi connectivity index (χ1v) is 5.49. The third kappa shape index (κ3) is 3.32. The van der Waals surface area contributed by atoms with Gasteiger partial charge in [0.1, 0.15) is 0 Å². The van der Waals surface area contributed by atoms with E-state index in [0.717, 1.165) is 18.2 Å². The SMILES string of the molecule is Fc1ncc(C(F)(F)F)cc1-c1cccc(C(F)(F)F)c1. The van der Waals surface area contributed by atoms with Gasteiger partial charge >= 0.3 is 12.4 Å². The van der Waals surface area contributed by atoms with Gasteiger partial charge in [0.25, 0.3) is 0 Å². The van der Waals surface area contributed by atoms with Crippen molar-refractivity contribution in [1.82, 2.24) is 4.98 Å². The highest BCUT2D eigenvalue weighted by Crippen LogP contribution is 2.35. The maximum absolute atomic E-state index is 13.5. The van der Waals surface area contributed by atoms with Gasteiger partial charge in [0, 0.05) is 11.8 Å². The zero-order chi connectivity index (χ0) is 15.8. The van der Waals surface area contributed by atoms with E-state index in [0.29, 0.717) is 12.1 Å². The molecule has 0 aliphatic carbocycles. The molecule has 0 bridgehead atoms. The molecule has 0 saturated carbocycles. The normalized spacial score (nSPS) is 12.5. The minimum Gasteiger partial charge on any atom is -0.227 e. The molecule has 1 heterocycles. The number of alkyl halides is 6. The molecular formula is C13H6F7N. The van der Waals surface area contributed by atoms with E-state index in [1.807, 2.05) is 0 Å². The highest BCUT2D eigenvalue weighted by Gasteiger charge is 2.33. The molecule has 0 aliphatic rings. The fourth-order valence-corrected chi connectivity index (χ4v) is 1.67. The van der Waals surface area contributed by atoms with Crippen LogP contribution in [0.4, 0.5) is 30.7 Å². The Morgan fingerprint density at radius 1 is 0.810 bits per heavy atom. The van der Waals surface area contributed by atoms with Gasteiger partial charge in [-0.3, -0.25) is 0 Å². The van der Waals surface area contributed by atoms with Crippen LogP contribution in [-0.4, -0.2) is 4.98 Å². The minimum atomic E-state index is -4.77. The Morgan fingerprint density at radius 3 is 2.00 bits per heavy atom. The Labute approximate surface area is 114 Å². The van der Waals surface area contributed by atoms with Crippen LogP contribution in [0.15, 0.2) is 36.5 Å². The highest BCUT2D eigenvalue weighted by atomic mass is 19.4. The second-order valence-corrected chi connectivity index (χ2v) is 4.14. The molecule has 1 aromatic carbocycles. The van der Waals surface area contributed by atoms with E-state index in [-0.39, 0.29) is 11.8 Å². The van der Waals surface area contributed by atoms with Gasteiger partial charge in [0.15, 0.2) is 0 Å². The molecule has 0 N–H and O–H groups in total. The average Bonchev–Trinajstić information content (AvgIpc) is 2.37. The molecule has 21 heavy (non-hydrogen) atoms. The molecule has 0 amide bonds. The van der Waals surface area contributed by atoms with Crippen molar-refractivity contribution in [2.75, 3.05) is 0 Å². The van der Waals surface area contributed by atoms with E-state index >= 15 is 0 Å². The van der Waals surface area contributed by atoms with E-state index < -0.39 is 35.0 Å². The van der Waals surface area contributed by atoms with Crippen molar-refractivity contribution in [1.29, 1.82) is 0 Å². The van der Waals surface area contributed by atoms with Gasteiger partial charge in [-0.1, -0.05) is 12.1 Å². The minimum absolute atomic E-state index is 0.284. The Hall–Kier alpha value is -2.12. The molecule has 1 aromatic heterocycles. The van der Waals surface area contributed by atoms with Crippen LogP contribution >= 0.6 is 0 Å². The summed E-state index contributed by atoms with van der Waals surface area (Å²) in [5, 5.41) is 0. The van der Waals surface area contributed by atoms with Crippen molar-refractivity contribution >= 4 is 0 Å². The molecule has 2 rings (SSSR count). The Morgan fingerprint density at radius 2 is 1.43 bits per heavy atom. The fraction of sp³-hybridized carbons (Fsp3) is 0.154. The summed E-state index contributed by atoms with van der Waals surface area (Å²) < 4.78 is 88.8. The molecule has 0 radical (unpaired) electrons. The summed E-state index contributed by atoms with van der Waals surface area (Å²) in [6.45, 7) is 0. The van der Waals surface area contributed by atoms with Gasteiger partial charge in [-0.05, 0) is 23.8 Å². The zero-order valence-electron chi connectivity index (χ0n) is 10.1. The highest BCUT2D eigenvalue weighted by molar-refractivity contribution is 5.65. The van der Waals surface area contributed by atoms with E-state index in [1.54, 1.807) is 0 Å². The molecular weight excluding hydrogens is 303 g/mol. The average molecular weight is 309 g/mol. The van der Waals surface area contributed by atoms with Crippen molar-refractivity contribution in [3.63, 3.8) is 0 Å². The van der Waals surface area contributed by atoms with Gasteiger partial charge in [-0.15, -0.1) is 0 Å². The molecule has 0 unspecified atom stereocenters. The van der Waals surface area contributed by atoms with Crippen molar-refractivity contribution in [2.24, 2.45) is 0 Å². The molecule has 112 valence electrons. The van der Waals surface area contributed by atoms with Gasteiger partial charge in [0.2, 0.25) is 5.95 Å². The summed E-state index contributed by atoms with van der Waals surface area (Å²) in [5.74, 6) is -1.28. The standard InChI is InChI=1S/C13H6F7N/c14-11-10(5-9(6-21-11)13(18,19)20)7-2-1-3-8(4-7)12(15,16)17/h1-6H. The summed E-state index contributed by atoms with van der Waals surface area (Å²) >= 11 is 0. The van der Waals surface area contributed by atoms with Crippen LogP contribution in [0, 0.1) is 5.95 Å². The Balaban J connectivity index is 2.57. The summed E-state index contributed by atoms with van der Waals surface area (Å²) in [6, 6.07) is 3.80. The zero-order valence-corrected chi connectivity index (χ0v) is 10.1. The number of pyridine rings is 1. The number of halogens is 7. The van der Waals surface area contributed by atoms with Crippen molar-refractivity contribution in [3.05, 3.63) is 53.6 Å². The number of aromatic nitrogens is 1. The second-order valence-electron chi connectivity index (χ2n) is 4.14. The Kier molecular flexibility index (Phi) is 3.65. The van der Waals surface area contributed by atoms with Crippen LogP contribution in [0.25, 0.3) is 11.1 Å². The lowest BCUT2D eigenvalue weighted by molar-refractivity contribution is -0.138. The van der Waals surface area contributed by atoms with Crippen molar-refractivity contribution in [3.8, 4) is 11.1 Å². The first kappa shape index (κ1) is 15.3. The van der Waals surface area contributed by atoms with Gasteiger partial charge in [0.05, 0.1) is 11.1 Å². The van der Waals surface area contributed by atoms with E-state index in [2.05, 4.69) is 4.98 Å². The lowest BCUT2D eigenvalue weighted by atomic mass is 10.0. The second kappa shape index (κ2) is 5.01. The lowest BCUT2D eigenvalue weighted by Crippen LogP contribution is -2.07. The van der Waals surface area contributed by atoms with E-state index in [4.69, 9.17) is 0 Å². The molecule has 2 aromatic rings. The van der Waals surface area contributed by atoms with Gasteiger partial charge in [-0.25, -0.2) is 4.98 Å². The van der Waals surface area contributed by atoms with Crippen LogP contribution < -0.4 is 0 Å². The molecule has 8 heteroatoms. The van der Waals surface area contributed by atoms with E-state index in [9.17, 15) is 30.7 Å². The third-order valence-electron chi connectivity index (χ3n) is 2.67. The smallest absolute Gasteiger partial charge is 0.227 e. The summed E-state index contributed by atoms with van der Waals surface area (Å²) in [7, 11) is 0. The molecule has 0 fully saturated rings. The van der Waals surface area contributed by atoms with Crippen LogP contribution in [0.3, 0.4) is 0 Å². The monoisotopic (exact) mass is 309 g/mol. The topological polar surface area (TPSA) is 12.9 Å². The number of nitrogens with zero attached hydrogens (tertiary/aromatic N) is 1. The lowest BCUT2D eigenvalue weighted by Gasteiger charge is -2.11. The summed E-state index contributed by atoms with van der Waals surface area (Å²) in [5.41, 5.74) is -3.30. The predicted molar refractivity (Wildman–Crippen MR) is 59.6 cm³/mol.